The molecule has 142 valence electrons. The van der Waals surface area contributed by atoms with Gasteiger partial charge in [0.25, 0.3) is 0 Å². The lowest BCUT2D eigenvalue weighted by molar-refractivity contribution is 0.282. The van der Waals surface area contributed by atoms with Crippen LogP contribution < -0.4 is 0 Å². The number of hydrogen-bond acceptors (Lipinski definition) is 4. The maximum atomic E-state index is 10.6. The SMILES string of the molecule is CCCCCCC(C)(C)c1cc(O)c(-c2cc(O)ccc2CO)c(O)c1. The second-order valence-electron chi connectivity index (χ2n) is 7.58. The van der Waals surface area contributed by atoms with Crippen molar-refractivity contribution in [1.29, 1.82) is 0 Å². The molecule has 0 saturated heterocycles. The Morgan fingerprint density at radius 1 is 0.885 bits per heavy atom. The molecule has 0 unspecified atom stereocenters. The molecule has 2 aromatic rings. The van der Waals surface area contributed by atoms with E-state index in [1.54, 1.807) is 18.2 Å². The van der Waals surface area contributed by atoms with Gasteiger partial charge < -0.3 is 20.4 Å². The van der Waals surface area contributed by atoms with Gasteiger partial charge in [0.05, 0.1) is 12.2 Å². The monoisotopic (exact) mass is 358 g/mol. The zero-order valence-corrected chi connectivity index (χ0v) is 15.9. The first-order chi connectivity index (χ1) is 12.3. The smallest absolute Gasteiger partial charge is 0.127 e. The average molecular weight is 358 g/mol. The highest BCUT2D eigenvalue weighted by Crippen LogP contribution is 2.44. The minimum Gasteiger partial charge on any atom is -0.508 e. The van der Waals surface area contributed by atoms with Crippen molar-refractivity contribution in [1.82, 2.24) is 0 Å². The molecule has 4 N–H and O–H groups in total. The van der Waals surface area contributed by atoms with Gasteiger partial charge in [-0.05, 0) is 52.8 Å². The van der Waals surface area contributed by atoms with E-state index in [9.17, 15) is 20.4 Å². The maximum absolute atomic E-state index is 10.6. The fraction of sp³-hybridized carbons (Fsp3) is 0.455. The number of phenolic OH excluding ortho intramolecular Hbond substituents is 3. The van der Waals surface area contributed by atoms with Crippen LogP contribution in [-0.4, -0.2) is 20.4 Å². The van der Waals surface area contributed by atoms with Crippen molar-refractivity contribution < 1.29 is 20.4 Å². The third kappa shape index (κ3) is 4.50. The Labute approximate surface area is 155 Å². The molecule has 2 aromatic carbocycles. The normalized spacial score (nSPS) is 11.7. The maximum Gasteiger partial charge on any atom is 0.127 e. The summed E-state index contributed by atoms with van der Waals surface area (Å²) in [4.78, 5) is 0. The molecule has 0 atom stereocenters. The van der Waals surface area contributed by atoms with Crippen LogP contribution in [-0.2, 0) is 12.0 Å². The summed E-state index contributed by atoms with van der Waals surface area (Å²) < 4.78 is 0. The third-order valence-electron chi connectivity index (χ3n) is 5.07. The Balaban J connectivity index is 2.38. The Hall–Kier alpha value is -2.20. The predicted octanol–water partition coefficient (Wildman–Crippen LogP) is 5.21. The van der Waals surface area contributed by atoms with Gasteiger partial charge >= 0.3 is 0 Å². The second-order valence-corrected chi connectivity index (χ2v) is 7.58. The molecule has 2 rings (SSSR count). The number of phenols is 3. The van der Waals surface area contributed by atoms with Gasteiger partial charge in [-0.3, -0.25) is 0 Å². The number of rotatable bonds is 8. The van der Waals surface area contributed by atoms with Crippen molar-refractivity contribution in [3.8, 4) is 28.4 Å². The highest BCUT2D eigenvalue weighted by atomic mass is 16.3. The fourth-order valence-corrected chi connectivity index (χ4v) is 3.35. The average Bonchev–Trinajstić information content (AvgIpc) is 2.58. The molecule has 26 heavy (non-hydrogen) atoms. The summed E-state index contributed by atoms with van der Waals surface area (Å²) in [6.45, 7) is 6.15. The van der Waals surface area contributed by atoms with Gasteiger partial charge in [-0.15, -0.1) is 0 Å². The Morgan fingerprint density at radius 2 is 1.54 bits per heavy atom. The Morgan fingerprint density at radius 3 is 2.12 bits per heavy atom. The molecule has 0 amide bonds. The summed E-state index contributed by atoms with van der Waals surface area (Å²) in [6.07, 6.45) is 5.66. The van der Waals surface area contributed by atoms with Gasteiger partial charge in [0.15, 0.2) is 0 Å². The van der Waals surface area contributed by atoms with Gasteiger partial charge in [0.2, 0.25) is 0 Å². The van der Waals surface area contributed by atoms with Crippen molar-refractivity contribution in [3.05, 3.63) is 41.5 Å². The molecule has 4 nitrogen and oxygen atoms in total. The van der Waals surface area contributed by atoms with Crippen LogP contribution in [0.1, 0.15) is 64.0 Å². The van der Waals surface area contributed by atoms with Gasteiger partial charge in [-0.2, -0.15) is 0 Å². The van der Waals surface area contributed by atoms with Crippen LogP contribution in [0.5, 0.6) is 17.2 Å². The third-order valence-corrected chi connectivity index (χ3v) is 5.07. The highest BCUT2D eigenvalue weighted by Gasteiger charge is 2.24. The number of aliphatic hydroxyl groups excluding tert-OH is 1. The van der Waals surface area contributed by atoms with E-state index >= 15 is 0 Å². The lowest BCUT2D eigenvalue weighted by Crippen LogP contribution is -2.17. The van der Waals surface area contributed by atoms with Gasteiger partial charge in [-0.25, -0.2) is 0 Å². The van der Waals surface area contributed by atoms with Crippen LogP contribution >= 0.6 is 0 Å². The molecule has 0 bridgehead atoms. The quantitative estimate of drug-likeness (QED) is 0.488. The van der Waals surface area contributed by atoms with Crippen LogP contribution in [0.3, 0.4) is 0 Å². The first-order valence-electron chi connectivity index (χ1n) is 9.29. The van der Waals surface area contributed by atoms with Crippen LogP contribution in [0.4, 0.5) is 0 Å². The fourth-order valence-electron chi connectivity index (χ4n) is 3.35. The molecule has 0 spiro atoms. The first kappa shape index (κ1) is 20.1. The zero-order valence-electron chi connectivity index (χ0n) is 15.9. The van der Waals surface area contributed by atoms with Crippen molar-refractivity contribution in [2.75, 3.05) is 0 Å². The topological polar surface area (TPSA) is 80.9 Å². The van der Waals surface area contributed by atoms with Crippen molar-refractivity contribution in [3.63, 3.8) is 0 Å². The van der Waals surface area contributed by atoms with E-state index in [4.69, 9.17) is 0 Å². The molecule has 0 aliphatic rings. The molecule has 0 aliphatic heterocycles. The number of benzene rings is 2. The molecule has 0 aliphatic carbocycles. The standard InChI is InChI=1S/C22H30O4/c1-4-5-6-7-10-22(2,3)16-11-19(25)21(20(26)12-16)18-13-17(24)9-8-15(18)14-23/h8-9,11-13,23-26H,4-7,10,14H2,1-3H3. The summed E-state index contributed by atoms with van der Waals surface area (Å²) in [7, 11) is 0. The zero-order chi connectivity index (χ0) is 19.3. The Kier molecular flexibility index (Phi) is 6.54. The van der Waals surface area contributed by atoms with E-state index in [2.05, 4.69) is 20.8 Å². The molecule has 0 aromatic heterocycles. The molecule has 0 radical (unpaired) electrons. The number of aliphatic hydroxyl groups is 1. The predicted molar refractivity (Wildman–Crippen MR) is 105 cm³/mol. The molecule has 4 heteroatoms. The van der Waals surface area contributed by atoms with Gasteiger partial charge in [-0.1, -0.05) is 52.5 Å². The number of hydrogen-bond donors (Lipinski definition) is 4. The van der Waals surface area contributed by atoms with E-state index in [-0.39, 0.29) is 34.8 Å². The summed E-state index contributed by atoms with van der Waals surface area (Å²) in [5.41, 5.74) is 1.89. The molecular weight excluding hydrogens is 328 g/mol. The lowest BCUT2D eigenvalue weighted by Gasteiger charge is -2.26. The molecule has 0 heterocycles. The summed E-state index contributed by atoms with van der Waals surface area (Å²) in [5, 5.41) is 40.5. The second kappa shape index (κ2) is 8.45. The molecular formula is C22H30O4. The van der Waals surface area contributed by atoms with Crippen LogP contribution in [0, 0.1) is 0 Å². The highest BCUT2D eigenvalue weighted by molar-refractivity contribution is 5.80. The van der Waals surface area contributed by atoms with Gasteiger partial charge in [0.1, 0.15) is 17.2 Å². The van der Waals surface area contributed by atoms with Crippen molar-refractivity contribution >= 4 is 0 Å². The summed E-state index contributed by atoms with van der Waals surface area (Å²) in [5.74, 6) is -0.0970. The van der Waals surface area contributed by atoms with Gasteiger partial charge in [0, 0.05) is 0 Å². The van der Waals surface area contributed by atoms with E-state index < -0.39 is 0 Å². The Bertz CT molecular complexity index is 727. The summed E-state index contributed by atoms with van der Waals surface area (Å²) in [6, 6.07) is 7.85. The van der Waals surface area contributed by atoms with E-state index in [0.29, 0.717) is 11.1 Å². The number of aromatic hydroxyl groups is 3. The van der Waals surface area contributed by atoms with E-state index in [1.165, 1.54) is 31.4 Å². The van der Waals surface area contributed by atoms with Crippen molar-refractivity contribution in [2.24, 2.45) is 0 Å². The van der Waals surface area contributed by atoms with Crippen LogP contribution in [0.2, 0.25) is 0 Å². The minimum absolute atomic E-state index is 0.0105. The molecule has 0 saturated carbocycles. The van der Waals surface area contributed by atoms with E-state index in [0.717, 1.165) is 18.4 Å². The number of unbranched alkanes of at least 4 members (excludes halogenated alkanes) is 3. The molecule has 0 fully saturated rings. The largest absolute Gasteiger partial charge is 0.508 e. The van der Waals surface area contributed by atoms with Crippen LogP contribution in [0.25, 0.3) is 11.1 Å². The minimum atomic E-state index is -0.251. The van der Waals surface area contributed by atoms with Crippen molar-refractivity contribution in [2.45, 2.75) is 64.9 Å². The van der Waals surface area contributed by atoms with E-state index in [1.807, 2.05) is 0 Å². The van der Waals surface area contributed by atoms with Crippen LogP contribution in [0.15, 0.2) is 30.3 Å². The first-order valence-corrected chi connectivity index (χ1v) is 9.29. The summed E-state index contributed by atoms with van der Waals surface area (Å²) >= 11 is 0. The lowest BCUT2D eigenvalue weighted by atomic mass is 9.79.